The molecule has 0 aliphatic rings. The van der Waals surface area contributed by atoms with Crippen LogP contribution in [0.1, 0.15) is 29.7 Å². The van der Waals surface area contributed by atoms with Crippen molar-refractivity contribution in [3.05, 3.63) is 95.6 Å². The molecule has 3 rings (SSSR count). The van der Waals surface area contributed by atoms with Crippen LogP contribution >= 0.6 is 0 Å². The molecule has 0 heterocycles. The van der Waals surface area contributed by atoms with Crippen molar-refractivity contribution in [2.24, 2.45) is 5.73 Å². The van der Waals surface area contributed by atoms with Gasteiger partial charge in [-0.3, -0.25) is 4.79 Å². The molecule has 37 heavy (non-hydrogen) atoms. The lowest BCUT2D eigenvalue weighted by molar-refractivity contribution is -0.159. The highest BCUT2D eigenvalue weighted by Gasteiger charge is 2.26. The van der Waals surface area contributed by atoms with E-state index in [2.05, 4.69) is 0 Å². The summed E-state index contributed by atoms with van der Waals surface area (Å²) in [5.74, 6) is -3.33. The highest BCUT2D eigenvalue weighted by molar-refractivity contribution is 6.27. The third-order valence-electron chi connectivity index (χ3n) is 4.87. The van der Waals surface area contributed by atoms with E-state index in [1.165, 1.54) is 0 Å². The number of rotatable bonds is 10. The predicted molar refractivity (Wildman–Crippen MR) is 133 cm³/mol. The van der Waals surface area contributed by atoms with E-state index < -0.39 is 30.1 Å². The van der Waals surface area contributed by atoms with Gasteiger partial charge in [-0.25, -0.2) is 9.59 Å². The van der Waals surface area contributed by atoms with Gasteiger partial charge in [-0.1, -0.05) is 66.7 Å². The quantitative estimate of drug-likeness (QED) is 0.235. The Bertz CT molecular complexity index is 1140. The van der Waals surface area contributed by atoms with E-state index in [4.69, 9.17) is 39.7 Å². The van der Waals surface area contributed by atoms with Gasteiger partial charge in [0, 0.05) is 0 Å². The van der Waals surface area contributed by atoms with Crippen LogP contribution in [0, 0.1) is 0 Å². The minimum atomic E-state index is -1.82. The zero-order valence-electron chi connectivity index (χ0n) is 20.2. The van der Waals surface area contributed by atoms with Crippen LogP contribution in [-0.4, -0.2) is 45.9 Å². The fourth-order valence-electron chi connectivity index (χ4n) is 2.99. The molecule has 0 amide bonds. The van der Waals surface area contributed by atoms with E-state index in [9.17, 15) is 9.90 Å². The topological polar surface area (TPSA) is 166 Å². The van der Waals surface area contributed by atoms with Gasteiger partial charge in [0.1, 0.15) is 25.4 Å². The Balaban J connectivity index is 0.000000717. The SMILES string of the molecule is CCOC(=O)[C@@H](N)C(O)c1ccc(OCc2ccccc2)c(OCc2ccccc2)c1.O=C(O)C(=O)O. The molecule has 0 aliphatic carbocycles. The molecule has 196 valence electrons. The fourth-order valence-corrected chi connectivity index (χ4v) is 2.99. The second-order valence-corrected chi connectivity index (χ2v) is 7.59. The Hall–Kier alpha value is -4.41. The van der Waals surface area contributed by atoms with Gasteiger partial charge >= 0.3 is 17.9 Å². The van der Waals surface area contributed by atoms with E-state index >= 15 is 0 Å². The van der Waals surface area contributed by atoms with Crippen molar-refractivity contribution in [3.8, 4) is 11.5 Å². The van der Waals surface area contributed by atoms with Crippen LogP contribution in [0.4, 0.5) is 0 Å². The van der Waals surface area contributed by atoms with E-state index in [1.807, 2.05) is 60.7 Å². The van der Waals surface area contributed by atoms with Crippen LogP contribution in [0.25, 0.3) is 0 Å². The number of carbonyl (C=O) groups is 3. The summed E-state index contributed by atoms with van der Waals surface area (Å²) in [6.07, 6.45) is -1.23. The van der Waals surface area contributed by atoms with Crippen molar-refractivity contribution in [1.29, 1.82) is 0 Å². The number of nitrogens with two attached hydrogens (primary N) is 1. The lowest BCUT2D eigenvalue weighted by Crippen LogP contribution is -2.38. The molecule has 10 heteroatoms. The largest absolute Gasteiger partial charge is 0.485 e. The number of ether oxygens (including phenoxy) is 3. The van der Waals surface area contributed by atoms with Crippen molar-refractivity contribution in [1.82, 2.24) is 0 Å². The fraction of sp³-hybridized carbons (Fsp3) is 0.222. The summed E-state index contributed by atoms with van der Waals surface area (Å²) < 4.78 is 16.9. The Labute approximate surface area is 213 Å². The maximum atomic E-state index is 11.9. The van der Waals surface area contributed by atoms with E-state index in [-0.39, 0.29) is 6.61 Å². The van der Waals surface area contributed by atoms with E-state index in [0.29, 0.717) is 30.3 Å². The second-order valence-electron chi connectivity index (χ2n) is 7.59. The van der Waals surface area contributed by atoms with E-state index in [0.717, 1.165) is 11.1 Å². The van der Waals surface area contributed by atoms with Crippen molar-refractivity contribution in [2.75, 3.05) is 6.61 Å². The molecule has 0 aromatic heterocycles. The molecule has 0 saturated carbocycles. The number of aliphatic hydroxyl groups excluding tert-OH is 1. The number of carboxylic acids is 2. The molecule has 0 saturated heterocycles. The van der Waals surface area contributed by atoms with Gasteiger partial charge in [-0.15, -0.1) is 0 Å². The summed E-state index contributed by atoms with van der Waals surface area (Å²) in [6.45, 7) is 2.57. The predicted octanol–water partition coefficient (Wildman–Crippen LogP) is 2.92. The molecule has 0 aliphatic heterocycles. The first-order valence-electron chi connectivity index (χ1n) is 11.3. The number of aliphatic hydroxyl groups is 1. The van der Waals surface area contributed by atoms with Crippen LogP contribution < -0.4 is 15.2 Å². The van der Waals surface area contributed by atoms with Gasteiger partial charge in [-0.05, 0) is 35.7 Å². The summed E-state index contributed by atoms with van der Waals surface area (Å²) in [4.78, 5) is 30.1. The molecule has 10 nitrogen and oxygen atoms in total. The minimum Gasteiger partial charge on any atom is -0.485 e. The highest BCUT2D eigenvalue weighted by Crippen LogP contribution is 2.33. The summed E-state index contributed by atoms with van der Waals surface area (Å²) in [5.41, 5.74) is 8.32. The van der Waals surface area contributed by atoms with Crippen LogP contribution in [0.3, 0.4) is 0 Å². The number of aliphatic carboxylic acids is 2. The van der Waals surface area contributed by atoms with Crippen molar-refractivity contribution in [3.63, 3.8) is 0 Å². The molecule has 2 atom stereocenters. The number of hydrogen-bond donors (Lipinski definition) is 4. The van der Waals surface area contributed by atoms with Crippen LogP contribution in [0.15, 0.2) is 78.9 Å². The molecule has 5 N–H and O–H groups in total. The molecule has 3 aromatic carbocycles. The summed E-state index contributed by atoms with van der Waals surface area (Å²) in [6, 6.07) is 23.3. The minimum absolute atomic E-state index is 0.191. The maximum Gasteiger partial charge on any atom is 0.414 e. The average Bonchev–Trinajstić information content (AvgIpc) is 2.91. The molecule has 0 radical (unpaired) electrons. The van der Waals surface area contributed by atoms with Crippen molar-refractivity contribution >= 4 is 17.9 Å². The first-order valence-corrected chi connectivity index (χ1v) is 11.3. The Morgan fingerprint density at radius 2 is 1.27 bits per heavy atom. The molecular weight excluding hydrogens is 482 g/mol. The molecule has 3 aromatic rings. The molecular formula is C27H29NO9. The molecule has 0 bridgehead atoms. The monoisotopic (exact) mass is 511 g/mol. The molecule has 0 fully saturated rings. The first-order chi connectivity index (χ1) is 17.7. The number of benzene rings is 3. The Morgan fingerprint density at radius 1 is 0.784 bits per heavy atom. The summed E-state index contributed by atoms with van der Waals surface area (Å²) in [5, 5.41) is 25.4. The third kappa shape index (κ3) is 9.63. The van der Waals surface area contributed by atoms with Gasteiger partial charge in [0.05, 0.1) is 6.61 Å². The van der Waals surface area contributed by atoms with Crippen LogP contribution in [-0.2, 0) is 32.3 Å². The number of esters is 1. The maximum absolute atomic E-state index is 11.9. The summed E-state index contributed by atoms with van der Waals surface area (Å²) in [7, 11) is 0. The van der Waals surface area contributed by atoms with Gasteiger partial charge in [0.25, 0.3) is 0 Å². The zero-order chi connectivity index (χ0) is 27.2. The van der Waals surface area contributed by atoms with Gasteiger partial charge < -0.3 is 35.3 Å². The molecule has 1 unspecified atom stereocenters. The van der Waals surface area contributed by atoms with Gasteiger partial charge in [0.15, 0.2) is 11.5 Å². The number of carboxylic acid groups (broad SMARTS) is 2. The first kappa shape index (κ1) is 28.8. The molecule has 0 spiro atoms. The van der Waals surface area contributed by atoms with Gasteiger partial charge in [0.2, 0.25) is 0 Å². The number of hydrogen-bond acceptors (Lipinski definition) is 8. The van der Waals surface area contributed by atoms with Crippen LogP contribution in [0.5, 0.6) is 11.5 Å². The highest BCUT2D eigenvalue weighted by atomic mass is 16.5. The third-order valence-corrected chi connectivity index (χ3v) is 4.87. The van der Waals surface area contributed by atoms with Crippen molar-refractivity contribution < 1.29 is 43.9 Å². The smallest absolute Gasteiger partial charge is 0.414 e. The Kier molecular flexibility index (Phi) is 11.6. The standard InChI is InChI=1S/C25H27NO5.C2H2O4/c1-2-29-25(28)23(26)24(27)20-13-14-21(30-16-18-9-5-3-6-10-18)22(15-20)31-17-19-11-7-4-8-12-19;3-1(4)2(5)6/h3-15,23-24,27H,2,16-17,26H2,1H3;(H,3,4)(H,5,6)/t23-,24?;/m0./s1. The van der Waals surface area contributed by atoms with E-state index in [1.54, 1.807) is 25.1 Å². The zero-order valence-corrected chi connectivity index (χ0v) is 20.2. The van der Waals surface area contributed by atoms with Crippen molar-refractivity contribution in [2.45, 2.75) is 32.3 Å². The van der Waals surface area contributed by atoms with Gasteiger partial charge in [-0.2, -0.15) is 0 Å². The average molecular weight is 512 g/mol. The Morgan fingerprint density at radius 3 is 1.73 bits per heavy atom. The lowest BCUT2D eigenvalue weighted by Gasteiger charge is -2.20. The lowest BCUT2D eigenvalue weighted by atomic mass is 10.0. The second kappa shape index (κ2) is 14.9. The number of carbonyl (C=O) groups excluding carboxylic acids is 1. The van der Waals surface area contributed by atoms with Crippen LogP contribution in [0.2, 0.25) is 0 Å². The normalized spacial score (nSPS) is 11.8. The summed E-state index contributed by atoms with van der Waals surface area (Å²) >= 11 is 0.